The lowest BCUT2D eigenvalue weighted by atomic mass is 10.2. The molecule has 0 saturated heterocycles. The molecular formula is C21H32IN5O3. The number of nitrogens with one attached hydrogen (secondary N) is 2. The van der Waals surface area contributed by atoms with Gasteiger partial charge in [-0.25, -0.2) is 9.98 Å². The first-order valence-corrected chi connectivity index (χ1v) is 9.61. The van der Waals surface area contributed by atoms with E-state index in [-0.39, 0.29) is 42.0 Å². The van der Waals surface area contributed by atoms with Gasteiger partial charge < -0.3 is 24.7 Å². The van der Waals surface area contributed by atoms with E-state index in [2.05, 4.69) is 20.6 Å². The van der Waals surface area contributed by atoms with Gasteiger partial charge in [0.15, 0.2) is 5.96 Å². The summed E-state index contributed by atoms with van der Waals surface area (Å²) in [6.45, 7) is 7.16. The van der Waals surface area contributed by atoms with Crippen LogP contribution in [0, 0.1) is 0 Å². The molecule has 1 amide bonds. The second kappa shape index (κ2) is 12.4. The molecule has 8 nitrogen and oxygen atoms in total. The number of aliphatic imine (C=N–C) groups is 1. The summed E-state index contributed by atoms with van der Waals surface area (Å²) in [4.78, 5) is 22.3. The number of ether oxygens (including phenoxy) is 1. The van der Waals surface area contributed by atoms with Crippen molar-refractivity contribution < 1.29 is 13.9 Å². The third-order valence-electron chi connectivity index (χ3n) is 3.78. The molecule has 0 unspecified atom stereocenters. The van der Waals surface area contributed by atoms with Crippen molar-refractivity contribution in [1.82, 2.24) is 20.5 Å². The van der Waals surface area contributed by atoms with Gasteiger partial charge in [0.05, 0.1) is 19.4 Å². The van der Waals surface area contributed by atoms with Crippen LogP contribution in [-0.4, -0.2) is 54.5 Å². The highest BCUT2D eigenvalue weighted by atomic mass is 127. The van der Waals surface area contributed by atoms with Gasteiger partial charge in [-0.2, -0.15) is 0 Å². The minimum absolute atomic E-state index is 0. The molecule has 2 aromatic heterocycles. The first-order chi connectivity index (χ1) is 13.7. The Morgan fingerprint density at radius 3 is 2.57 bits per heavy atom. The lowest BCUT2D eigenvalue weighted by Crippen LogP contribution is -2.43. The van der Waals surface area contributed by atoms with Crippen LogP contribution in [-0.2, 0) is 17.8 Å². The summed E-state index contributed by atoms with van der Waals surface area (Å²) < 4.78 is 11.1. The Bertz CT molecular complexity index is 784. The maximum Gasteiger partial charge on any atom is 0.241 e. The molecule has 0 aromatic carbocycles. The van der Waals surface area contributed by atoms with Gasteiger partial charge in [-0.15, -0.1) is 24.0 Å². The molecule has 2 aromatic rings. The fourth-order valence-electron chi connectivity index (χ4n) is 2.30. The number of furan rings is 1. The quantitative estimate of drug-likeness (QED) is 0.311. The molecule has 0 radical (unpaired) electrons. The highest BCUT2D eigenvalue weighted by molar-refractivity contribution is 14.0. The van der Waals surface area contributed by atoms with Gasteiger partial charge in [0, 0.05) is 39.3 Å². The molecule has 0 aliphatic carbocycles. The molecule has 0 aliphatic heterocycles. The van der Waals surface area contributed by atoms with Crippen molar-refractivity contribution >= 4 is 35.8 Å². The van der Waals surface area contributed by atoms with E-state index in [1.165, 1.54) is 4.90 Å². The summed E-state index contributed by atoms with van der Waals surface area (Å²) in [5.41, 5.74) is 0.651. The molecule has 166 valence electrons. The molecule has 30 heavy (non-hydrogen) atoms. The monoisotopic (exact) mass is 529 g/mol. The van der Waals surface area contributed by atoms with E-state index < -0.39 is 0 Å². The van der Waals surface area contributed by atoms with Crippen LogP contribution in [0.4, 0.5) is 0 Å². The lowest BCUT2D eigenvalue weighted by molar-refractivity contribution is -0.127. The molecule has 0 saturated carbocycles. The summed E-state index contributed by atoms with van der Waals surface area (Å²) in [5.74, 6) is 1.99. The number of aromatic nitrogens is 1. The molecule has 0 bridgehead atoms. The average molecular weight is 529 g/mol. The van der Waals surface area contributed by atoms with Gasteiger partial charge in [-0.3, -0.25) is 4.79 Å². The van der Waals surface area contributed by atoms with Crippen molar-refractivity contribution in [2.45, 2.75) is 39.3 Å². The number of carbonyl (C=O) groups excluding carboxylic acids is 1. The summed E-state index contributed by atoms with van der Waals surface area (Å²) in [6, 6.07) is 7.55. The van der Waals surface area contributed by atoms with E-state index in [1.807, 2.05) is 45.0 Å². The van der Waals surface area contributed by atoms with Crippen molar-refractivity contribution in [2.24, 2.45) is 4.99 Å². The average Bonchev–Trinajstić information content (AvgIpc) is 3.16. The van der Waals surface area contributed by atoms with Crippen molar-refractivity contribution in [3.8, 4) is 5.88 Å². The van der Waals surface area contributed by atoms with Crippen molar-refractivity contribution in [1.29, 1.82) is 0 Å². The van der Waals surface area contributed by atoms with Gasteiger partial charge in [0.25, 0.3) is 0 Å². The highest BCUT2D eigenvalue weighted by Gasteiger charge is 2.12. The minimum atomic E-state index is -0.291. The van der Waals surface area contributed by atoms with Crippen LogP contribution < -0.4 is 15.4 Å². The van der Waals surface area contributed by atoms with Gasteiger partial charge in [-0.05, 0) is 38.5 Å². The lowest BCUT2D eigenvalue weighted by Gasteiger charge is -2.20. The highest BCUT2D eigenvalue weighted by Crippen LogP contribution is 2.15. The van der Waals surface area contributed by atoms with E-state index >= 15 is 0 Å². The predicted octanol–water partition coefficient (Wildman–Crippen LogP) is 2.84. The fourth-order valence-corrected chi connectivity index (χ4v) is 2.30. The van der Waals surface area contributed by atoms with Gasteiger partial charge >= 0.3 is 0 Å². The molecule has 0 spiro atoms. The zero-order valence-electron chi connectivity index (χ0n) is 18.3. The van der Waals surface area contributed by atoms with Crippen LogP contribution >= 0.6 is 24.0 Å². The third-order valence-corrected chi connectivity index (χ3v) is 3.78. The number of carbonyl (C=O) groups is 1. The normalized spacial score (nSPS) is 11.4. The standard InChI is InChI=1S/C21H31N5O3.HI/c1-21(2,3)29-18-9-8-16(13-23-18)14-24-20(25-15-19(27)26(4)5)22-11-10-17-7-6-12-28-17;/h6-9,12-13H,10-11,14-15H2,1-5H3,(H2,22,24,25);1H. The number of guanidine groups is 1. The van der Waals surface area contributed by atoms with Crippen LogP contribution in [0.25, 0.3) is 0 Å². The van der Waals surface area contributed by atoms with Gasteiger partial charge in [0.1, 0.15) is 11.4 Å². The smallest absolute Gasteiger partial charge is 0.241 e. The first-order valence-electron chi connectivity index (χ1n) is 9.61. The van der Waals surface area contributed by atoms with E-state index in [4.69, 9.17) is 9.15 Å². The van der Waals surface area contributed by atoms with Gasteiger partial charge in [-0.1, -0.05) is 6.07 Å². The maximum absolute atomic E-state index is 11.9. The molecule has 2 N–H and O–H groups in total. The minimum Gasteiger partial charge on any atom is -0.472 e. The molecular weight excluding hydrogens is 497 g/mol. The number of pyridine rings is 1. The van der Waals surface area contributed by atoms with E-state index in [0.717, 1.165) is 17.7 Å². The second-order valence-corrected chi connectivity index (χ2v) is 7.78. The Labute approximate surface area is 195 Å². The van der Waals surface area contributed by atoms with Crippen LogP contribution in [0.1, 0.15) is 32.1 Å². The van der Waals surface area contributed by atoms with Crippen molar-refractivity contribution in [3.63, 3.8) is 0 Å². The zero-order chi connectivity index (χ0) is 21.3. The van der Waals surface area contributed by atoms with Crippen LogP contribution in [0.5, 0.6) is 5.88 Å². The largest absolute Gasteiger partial charge is 0.472 e. The second-order valence-electron chi connectivity index (χ2n) is 7.78. The summed E-state index contributed by atoms with van der Waals surface area (Å²) >= 11 is 0. The fraction of sp³-hybridized carbons (Fsp3) is 0.476. The van der Waals surface area contributed by atoms with Crippen LogP contribution in [0.15, 0.2) is 46.1 Å². The summed E-state index contributed by atoms with van der Waals surface area (Å²) in [7, 11) is 3.44. The number of likely N-dealkylation sites (N-methyl/N-ethyl adjacent to an activating group) is 1. The third kappa shape index (κ3) is 9.95. The molecule has 0 aliphatic rings. The zero-order valence-corrected chi connectivity index (χ0v) is 20.6. The molecule has 2 rings (SSSR count). The van der Waals surface area contributed by atoms with Crippen molar-refractivity contribution in [2.75, 3.05) is 27.2 Å². The Morgan fingerprint density at radius 2 is 2.00 bits per heavy atom. The van der Waals surface area contributed by atoms with Gasteiger partial charge in [0.2, 0.25) is 11.8 Å². The van der Waals surface area contributed by atoms with Crippen molar-refractivity contribution in [3.05, 3.63) is 48.0 Å². The first kappa shape index (κ1) is 25.7. The summed E-state index contributed by atoms with van der Waals surface area (Å²) in [6.07, 6.45) is 4.12. The number of hydrogen-bond donors (Lipinski definition) is 2. The number of rotatable bonds is 8. The number of hydrogen-bond acceptors (Lipinski definition) is 5. The maximum atomic E-state index is 11.9. The summed E-state index contributed by atoms with van der Waals surface area (Å²) in [5, 5.41) is 6.29. The topological polar surface area (TPSA) is 92.0 Å². The number of nitrogens with zero attached hydrogens (tertiary/aromatic N) is 3. The Hall–Kier alpha value is -2.30. The van der Waals surface area contributed by atoms with E-state index in [0.29, 0.717) is 24.9 Å². The number of halogens is 1. The SMILES string of the molecule is CN(C)C(=O)CNC(=NCc1ccc(OC(C)(C)C)nc1)NCCc1ccco1.I. The Kier molecular flexibility index (Phi) is 10.6. The van der Waals surface area contributed by atoms with Crippen LogP contribution in [0.2, 0.25) is 0 Å². The van der Waals surface area contributed by atoms with E-state index in [9.17, 15) is 4.79 Å². The van der Waals surface area contributed by atoms with E-state index in [1.54, 1.807) is 26.6 Å². The molecule has 0 atom stereocenters. The molecule has 9 heteroatoms. The predicted molar refractivity (Wildman–Crippen MR) is 128 cm³/mol. The Balaban J connectivity index is 0.00000450. The molecule has 2 heterocycles. The van der Waals surface area contributed by atoms with Crippen LogP contribution in [0.3, 0.4) is 0 Å². The number of amides is 1. The Morgan fingerprint density at radius 1 is 1.23 bits per heavy atom. The molecule has 0 fully saturated rings.